The normalized spacial score (nSPS) is 10.2. The van der Waals surface area contributed by atoms with E-state index in [2.05, 4.69) is 10.5 Å². The molecular formula is C10H14N2O4S. The van der Waals surface area contributed by atoms with E-state index in [4.69, 9.17) is 9.63 Å². The van der Waals surface area contributed by atoms with Gasteiger partial charge in [0, 0.05) is 24.0 Å². The lowest BCUT2D eigenvalue weighted by Gasteiger charge is -2.00. The highest BCUT2D eigenvalue weighted by Gasteiger charge is 2.06. The highest BCUT2D eigenvalue weighted by Crippen LogP contribution is 2.09. The number of carboxylic acid groups (broad SMARTS) is 1. The lowest BCUT2D eigenvalue weighted by Crippen LogP contribution is -2.12. The summed E-state index contributed by atoms with van der Waals surface area (Å²) in [5.74, 6) is 1.18. The Bertz CT molecular complexity index is 391. The maximum absolute atomic E-state index is 11.4. The number of hydrogen-bond acceptors (Lipinski definition) is 5. The van der Waals surface area contributed by atoms with Gasteiger partial charge in [-0.3, -0.25) is 9.59 Å². The summed E-state index contributed by atoms with van der Waals surface area (Å²) in [5, 5.41) is 14.6. The van der Waals surface area contributed by atoms with E-state index in [0.29, 0.717) is 29.5 Å². The van der Waals surface area contributed by atoms with E-state index in [1.54, 1.807) is 13.0 Å². The summed E-state index contributed by atoms with van der Waals surface area (Å²) in [6.45, 7) is 1.74. The van der Waals surface area contributed by atoms with Crippen LogP contribution in [0.2, 0.25) is 0 Å². The fourth-order valence-corrected chi connectivity index (χ4v) is 1.91. The molecule has 0 aliphatic rings. The number of nitrogens with one attached hydrogen (secondary N) is 1. The van der Waals surface area contributed by atoms with E-state index in [1.807, 2.05) is 0 Å². The number of anilines is 1. The summed E-state index contributed by atoms with van der Waals surface area (Å²) < 4.78 is 4.80. The molecular weight excluding hydrogens is 244 g/mol. The molecule has 0 aliphatic carbocycles. The van der Waals surface area contributed by atoms with Crippen molar-refractivity contribution in [3.8, 4) is 0 Å². The van der Waals surface area contributed by atoms with Crippen molar-refractivity contribution in [3.63, 3.8) is 0 Å². The van der Waals surface area contributed by atoms with Crippen molar-refractivity contribution in [2.24, 2.45) is 0 Å². The zero-order valence-corrected chi connectivity index (χ0v) is 10.2. The molecule has 0 saturated carbocycles. The third-order valence-corrected chi connectivity index (χ3v) is 2.81. The topological polar surface area (TPSA) is 92.4 Å². The SMILES string of the molecule is Cc1cc(NC(=O)CCSCCC(=O)O)no1. The third kappa shape index (κ3) is 5.96. The largest absolute Gasteiger partial charge is 0.481 e. The second-order valence-electron chi connectivity index (χ2n) is 3.38. The number of aliphatic carboxylic acids is 1. The Hall–Kier alpha value is -1.50. The molecule has 0 saturated heterocycles. The second-order valence-corrected chi connectivity index (χ2v) is 4.60. The lowest BCUT2D eigenvalue weighted by molar-refractivity contribution is -0.136. The van der Waals surface area contributed by atoms with Crippen molar-refractivity contribution < 1.29 is 19.2 Å². The smallest absolute Gasteiger partial charge is 0.304 e. The molecule has 0 spiro atoms. The molecule has 6 nitrogen and oxygen atoms in total. The third-order valence-electron chi connectivity index (χ3n) is 1.83. The van der Waals surface area contributed by atoms with Crippen LogP contribution in [0.1, 0.15) is 18.6 Å². The molecule has 0 bridgehead atoms. The first-order chi connectivity index (χ1) is 8.08. The first-order valence-electron chi connectivity index (χ1n) is 5.10. The summed E-state index contributed by atoms with van der Waals surface area (Å²) in [6.07, 6.45) is 0.449. The summed E-state index contributed by atoms with van der Waals surface area (Å²) >= 11 is 1.44. The van der Waals surface area contributed by atoms with E-state index in [1.165, 1.54) is 11.8 Å². The van der Waals surface area contributed by atoms with Crippen LogP contribution in [0.4, 0.5) is 5.82 Å². The van der Waals surface area contributed by atoms with E-state index in [9.17, 15) is 9.59 Å². The maximum atomic E-state index is 11.4. The summed E-state index contributed by atoms with van der Waals surface area (Å²) in [6, 6.07) is 1.63. The van der Waals surface area contributed by atoms with Crippen LogP contribution < -0.4 is 5.32 Å². The number of thioether (sulfide) groups is 1. The molecule has 2 N–H and O–H groups in total. The van der Waals surface area contributed by atoms with Crippen molar-refractivity contribution in [3.05, 3.63) is 11.8 Å². The van der Waals surface area contributed by atoms with Crippen LogP contribution in [-0.4, -0.2) is 33.6 Å². The molecule has 94 valence electrons. The summed E-state index contributed by atoms with van der Waals surface area (Å²) in [5.41, 5.74) is 0. The van der Waals surface area contributed by atoms with Crippen LogP contribution in [0.5, 0.6) is 0 Å². The van der Waals surface area contributed by atoms with Gasteiger partial charge in [-0.2, -0.15) is 11.8 Å². The van der Waals surface area contributed by atoms with Crippen molar-refractivity contribution in [1.29, 1.82) is 0 Å². The van der Waals surface area contributed by atoms with Crippen LogP contribution in [0.15, 0.2) is 10.6 Å². The van der Waals surface area contributed by atoms with Crippen molar-refractivity contribution in [1.82, 2.24) is 5.16 Å². The second kappa shape index (κ2) is 6.95. The fourth-order valence-electron chi connectivity index (χ4n) is 1.06. The van der Waals surface area contributed by atoms with Crippen LogP contribution in [-0.2, 0) is 9.59 Å². The zero-order valence-electron chi connectivity index (χ0n) is 9.43. The highest BCUT2D eigenvalue weighted by molar-refractivity contribution is 7.99. The minimum absolute atomic E-state index is 0.120. The van der Waals surface area contributed by atoms with Gasteiger partial charge in [-0.15, -0.1) is 0 Å². The van der Waals surface area contributed by atoms with Gasteiger partial charge in [0.1, 0.15) is 5.76 Å². The average Bonchev–Trinajstić information content (AvgIpc) is 2.63. The van der Waals surface area contributed by atoms with Gasteiger partial charge >= 0.3 is 5.97 Å². The molecule has 0 unspecified atom stereocenters. The van der Waals surface area contributed by atoms with Crippen LogP contribution >= 0.6 is 11.8 Å². The number of aromatic nitrogens is 1. The molecule has 0 atom stereocenters. The van der Waals surface area contributed by atoms with Crippen LogP contribution in [0.3, 0.4) is 0 Å². The number of carbonyl (C=O) groups excluding carboxylic acids is 1. The Morgan fingerprint density at radius 1 is 1.47 bits per heavy atom. The average molecular weight is 258 g/mol. The number of carboxylic acids is 1. The van der Waals surface area contributed by atoms with Crippen LogP contribution in [0, 0.1) is 6.92 Å². The van der Waals surface area contributed by atoms with Gasteiger partial charge in [0.15, 0.2) is 5.82 Å². The van der Waals surface area contributed by atoms with Gasteiger partial charge in [-0.1, -0.05) is 5.16 Å². The molecule has 17 heavy (non-hydrogen) atoms. The molecule has 1 amide bonds. The number of amides is 1. The standard InChI is InChI=1S/C10H14N2O4S/c1-7-6-8(12-16-7)11-9(13)2-4-17-5-3-10(14)15/h6H,2-5H2,1H3,(H,14,15)(H,11,12,13). The Kier molecular flexibility index (Phi) is 5.55. The molecule has 1 heterocycles. The molecule has 0 radical (unpaired) electrons. The quantitative estimate of drug-likeness (QED) is 0.720. The summed E-state index contributed by atoms with van der Waals surface area (Å²) in [7, 11) is 0. The minimum Gasteiger partial charge on any atom is -0.481 e. The van der Waals surface area contributed by atoms with Crippen molar-refractivity contribution >= 4 is 29.5 Å². The molecule has 0 aromatic carbocycles. The predicted molar refractivity (Wildman–Crippen MR) is 64.1 cm³/mol. The number of carbonyl (C=O) groups is 2. The molecule has 7 heteroatoms. The number of aryl methyl sites for hydroxylation is 1. The van der Waals surface area contributed by atoms with E-state index >= 15 is 0 Å². The molecule has 1 aromatic rings. The van der Waals surface area contributed by atoms with E-state index < -0.39 is 5.97 Å². The zero-order chi connectivity index (χ0) is 12.7. The monoisotopic (exact) mass is 258 g/mol. The molecule has 0 aliphatic heterocycles. The van der Waals surface area contributed by atoms with Gasteiger partial charge < -0.3 is 14.9 Å². The molecule has 1 aromatic heterocycles. The number of nitrogens with zero attached hydrogens (tertiary/aromatic N) is 1. The number of rotatable bonds is 7. The maximum Gasteiger partial charge on any atom is 0.304 e. The first kappa shape index (κ1) is 13.6. The fraction of sp³-hybridized carbons (Fsp3) is 0.500. The first-order valence-corrected chi connectivity index (χ1v) is 6.26. The van der Waals surface area contributed by atoms with E-state index in [-0.39, 0.29) is 12.3 Å². The predicted octanol–water partition coefficient (Wildman–Crippen LogP) is 1.52. The Morgan fingerprint density at radius 2 is 2.18 bits per heavy atom. The molecule has 1 rings (SSSR count). The lowest BCUT2D eigenvalue weighted by atomic mass is 10.4. The minimum atomic E-state index is -0.819. The van der Waals surface area contributed by atoms with E-state index in [0.717, 1.165) is 0 Å². The Labute approximate surface area is 103 Å². The molecule has 0 fully saturated rings. The van der Waals surface area contributed by atoms with Crippen molar-refractivity contribution in [2.75, 3.05) is 16.8 Å². The van der Waals surface area contributed by atoms with Gasteiger partial charge in [0.2, 0.25) is 5.91 Å². The van der Waals surface area contributed by atoms with Crippen molar-refractivity contribution in [2.45, 2.75) is 19.8 Å². The summed E-state index contributed by atoms with van der Waals surface area (Å²) in [4.78, 5) is 21.6. The van der Waals surface area contributed by atoms with Gasteiger partial charge in [0.05, 0.1) is 6.42 Å². The highest BCUT2D eigenvalue weighted by atomic mass is 32.2. The van der Waals surface area contributed by atoms with Gasteiger partial charge in [-0.05, 0) is 6.92 Å². The van der Waals surface area contributed by atoms with Crippen LogP contribution in [0.25, 0.3) is 0 Å². The van der Waals surface area contributed by atoms with Gasteiger partial charge in [0.25, 0.3) is 0 Å². The van der Waals surface area contributed by atoms with Gasteiger partial charge in [-0.25, -0.2) is 0 Å². The number of hydrogen-bond donors (Lipinski definition) is 2. The Balaban J connectivity index is 2.11. The Morgan fingerprint density at radius 3 is 2.76 bits per heavy atom.